The molecule has 1 unspecified atom stereocenters. The van der Waals surface area contributed by atoms with E-state index < -0.39 is 5.97 Å². The van der Waals surface area contributed by atoms with Crippen molar-refractivity contribution in [2.45, 2.75) is 30.2 Å². The molecule has 0 aromatic heterocycles. The predicted octanol–water partition coefficient (Wildman–Crippen LogP) is 4.61. The number of piperidine rings is 1. The van der Waals surface area contributed by atoms with Crippen LogP contribution < -0.4 is 0 Å². The number of carboxylic acids is 1. The van der Waals surface area contributed by atoms with Gasteiger partial charge in [0.15, 0.2) is 0 Å². The Bertz CT molecular complexity index is 521. The molecule has 1 heterocycles. The minimum Gasteiger partial charge on any atom is -0.480 e. The van der Waals surface area contributed by atoms with Gasteiger partial charge in [0, 0.05) is 17.6 Å². The number of ether oxygens (including phenoxy) is 1. The smallest absolute Gasteiger partial charge is 0.329 e. The Balaban J connectivity index is 2.03. The van der Waals surface area contributed by atoms with Gasteiger partial charge in [-0.1, -0.05) is 41.2 Å². The Morgan fingerprint density at radius 1 is 1.32 bits per heavy atom. The fraction of sp³-hybridized carbons (Fsp3) is 0.500. The zero-order valence-electron chi connectivity index (χ0n) is 11.7. The van der Waals surface area contributed by atoms with Gasteiger partial charge in [-0.3, -0.25) is 0 Å². The zero-order valence-corrected chi connectivity index (χ0v) is 14.8. The summed E-state index contributed by atoms with van der Waals surface area (Å²) in [4.78, 5) is 11.3. The summed E-state index contributed by atoms with van der Waals surface area (Å²) in [5, 5.41) is 10.2. The molecular formula is C14H16Cl3NO3S. The van der Waals surface area contributed by atoms with Gasteiger partial charge < -0.3 is 9.84 Å². The lowest BCUT2D eigenvalue weighted by Crippen LogP contribution is -2.38. The molecule has 0 radical (unpaired) electrons. The molecule has 1 N–H and O–H groups in total. The van der Waals surface area contributed by atoms with Crippen molar-refractivity contribution >= 4 is 52.7 Å². The normalized spacial score (nSPS) is 19.3. The van der Waals surface area contributed by atoms with E-state index >= 15 is 0 Å². The molecule has 1 atom stereocenters. The van der Waals surface area contributed by atoms with Gasteiger partial charge in [-0.25, -0.2) is 9.10 Å². The number of carboxylic acid groups (broad SMARTS) is 1. The highest BCUT2D eigenvalue weighted by Crippen LogP contribution is 2.40. The van der Waals surface area contributed by atoms with Crippen LogP contribution in [-0.2, 0) is 9.53 Å². The summed E-state index contributed by atoms with van der Waals surface area (Å²) in [6, 6.07) is 3.47. The van der Waals surface area contributed by atoms with E-state index in [-0.39, 0.29) is 12.6 Å². The number of aliphatic carboxylic acids is 1. The number of carbonyl (C=O) groups is 1. The lowest BCUT2D eigenvalue weighted by Gasteiger charge is -2.34. The standard InChI is InChI=1S/C14H16Cl3NO3S/c15-9-5-11(16)14(12(17)6-9)22-18-4-2-1-3-10(18)7-21-8-13(19)20/h5-6,10H,1-4,7-8H2,(H,19,20). The fourth-order valence-corrected chi connectivity index (χ4v) is 4.36. The number of hydrogen-bond acceptors (Lipinski definition) is 4. The average molecular weight is 385 g/mol. The molecule has 2 rings (SSSR count). The van der Waals surface area contributed by atoms with Crippen LogP contribution in [0.3, 0.4) is 0 Å². The van der Waals surface area contributed by atoms with Gasteiger partial charge in [0.2, 0.25) is 0 Å². The summed E-state index contributed by atoms with van der Waals surface area (Å²) < 4.78 is 7.40. The molecule has 1 aromatic rings. The highest BCUT2D eigenvalue weighted by atomic mass is 35.5. The highest BCUT2D eigenvalue weighted by molar-refractivity contribution is 7.97. The third-order valence-corrected chi connectivity index (χ3v) is 5.66. The Hall–Kier alpha value is -0.170. The van der Waals surface area contributed by atoms with Crippen LogP contribution in [0.2, 0.25) is 15.1 Å². The molecule has 1 fully saturated rings. The van der Waals surface area contributed by atoms with Crippen molar-refractivity contribution in [3.63, 3.8) is 0 Å². The first-order valence-electron chi connectivity index (χ1n) is 6.86. The molecule has 1 saturated heterocycles. The van der Waals surface area contributed by atoms with Crippen molar-refractivity contribution in [3.05, 3.63) is 27.2 Å². The van der Waals surface area contributed by atoms with Gasteiger partial charge in [0.05, 0.1) is 21.5 Å². The van der Waals surface area contributed by atoms with Crippen molar-refractivity contribution in [1.82, 2.24) is 4.31 Å². The molecule has 122 valence electrons. The van der Waals surface area contributed by atoms with Gasteiger partial charge in [-0.05, 0) is 36.9 Å². The number of benzene rings is 1. The average Bonchev–Trinajstić information content (AvgIpc) is 2.44. The van der Waals surface area contributed by atoms with E-state index in [1.807, 2.05) is 0 Å². The van der Waals surface area contributed by atoms with E-state index in [9.17, 15) is 4.79 Å². The molecule has 1 aliphatic rings. The summed E-state index contributed by atoms with van der Waals surface area (Å²) in [5.41, 5.74) is 0. The minimum atomic E-state index is -0.959. The van der Waals surface area contributed by atoms with Crippen LogP contribution in [0.25, 0.3) is 0 Å². The minimum absolute atomic E-state index is 0.140. The lowest BCUT2D eigenvalue weighted by atomic mass is 10.1. The third kappa shape index (κ3) is 5.18. The molecular weight excluding hydrogens is 369 g/mol. The Labute approximate surface area is 148 Å². The molecule has 0 bridgehead atoms. The summed E-state index contributed by atoms with van der Waals surface area (Å²) in [5.74, 6) is -0.959. The number of rotatable bonds is 6. The number of nitrogens with zero attached hydrogens (tertiary/aromatic N) is 1. The number of halogens is 3. The summed E-state index contributed by atoms with van der Waals surface area (Å²) in [6.07, 6.45) is 3.13. The van der Waals surface area contributed by atoms with E-state index in [1.165, 1.54) is 11.9 Å². The molecule has 0 saturated carbocycles. The quantitative estimate of drug-likeness (QED) is 0.726. The van der Waals surface area contributed by atoms with Crippen LogP contribution in [0.15, 0.2) is 17.0 Å². The van der Waals surface area contributed by atoms with Crippen molar-refractivity contribution < 1.29 is 14.6 Å². The molecule has 0 amide bonds. The van der Waals surface area contributed by atoms with Crippen molar-refractivity contribution in [3.8, 4) is 0 Å². The van der Waals surface area contributed by atoms with Crippen molar-refractivity contribution in [1.29, 1.82) is 0 Å². The molecule has 0 spiro atoms. The second kappa shape index (κ2) is 8.62. The maximum absolute atomic E-state index is 10.5. The van der Waals surface area contributed by atoms with Crippen LogP contribution in [0, 0.1) is 0 Å². The maximum Gasteiger partial charge on any atom is 0.329 e. The largest absolute Gasteiger partial charge is 0.480 e. The Morgan fingerprint density at radius 3 is 2.64 bits per heavy atom. The SMILES string of the molecule is O=C(O)COCC1CCCCN1Sc1c(Cl)cc(Cl)cc1Cl. The fourth-order valence-electron chi connectivity index (χ4n) is 2.28. The van der Waals surface area contributed by atoms with Crippen LogP contribution in [0.5, 0.6) is 0 Å². The van der Waals surface area contributed by atoms with Crippen LogP contribution in [0.1, 0.15) is 19.3 Å². The second-order valence-corrected chi connectivity index (χ2v) is 7.30. The number of hydrogen-bond donors (Lipinski definition) is 1. The van der Waals surface area contributed by atoms with Crippen molar-refractivity contribution in [2.24, 2.45) is 0 Å². The summed E-state index contributed by atoms with van der Waals surface area (Å²) in [7, 11) is 0. The Morgan fingerprint density at radius 2 is 2.00 bits per heavy atom. The van der Waals surface area contributed by atoms with Gasteiger partial charge in [0.1, 0.15) is 6.61 Å². The zero-order chi connectivity index (χ0) is 16.1. The van der Waals surface area contributed by atoms with Crippen LogP contribution in [0.4, 0.5) is 0 Å². The van der Waals surface area contributed by atoms with Crippen molar-refractivity contribution in [2.75, 3.05) is 19.8 Å². The lowest BCUT2D eigenvalue weighted by molar-refractivity contribution is -0.142. The summed E-state index contributed by atoms with van der Waals surface area (Å²) >= 11 is 19.8. The van der Waals surface area contributed by atoms with Gasteiger partial charge in [-0.15, -0.1) is 0 Å². The molecule has 1 aromatic carbocycles. The van der Waals surface area contributed by atoms with E-state index in [0.717, 1.165) is 30.7 Å². The van der Waals surface area contributed by atoms with E-state index in [0.29, 0.717) is 21.7 Å². The van der Waals surface area contributed by atoms with Gasteiger partial charge in [-0.2, -0.15) is 0 Å². The second-order valence-electron chi connectivity index (χ2n) is 4.99. The molecule has 8 heteroatoms. The maximum atomic E-state index is 10.5. The molecule has 0 aliphatic carbocycles. The van der Waals surface area contributed by atoms with E-state index in [4.69, 9.17) is 44.6 Å². The Kier molecular flexibility index (Phi) is 7.12. The van der Waals surface area contributed by atoms with Gasteiger partial charge >= 0.3 is 5.97 Å². The first-order chi connectivity index (χ1) is 10.5. The van der Waals surface area contributed by atoms with Gasteiger partial charge in [0.25, 0.3) is 0 Å². The van der Waals surface area contributed by atoms with E-state index in [2.05, 4.69) is 4.31 Å². The van der Waals surface area contributed by atoms with E-state index in [1.54, 1.807) is 12.1 Å². The first-order valence-corrected chi connectivity index (χ1v) is 8.77. The predicted molar refractivity (Wildman–Crippen MR) is 90.1 cm³/mol. The molecule has 22 heavy (non-hydrogen) atoms. The van der Waals surface area contributed by atoms with Crippen LogP contribution in [-0.4, -0.2) is 41.2 Å². The topological polar surface area (TPSA) is 49.8 Å². The summed E-state index contributed by atoms with van der Waals surface area (Å²) in [6.45, 7) is 0.973. The first kappa shape index (κ1) is 18.2. The van der Waals surface area contributed by atoms with Crippen LogP contribution >= 0.6 is 46.8 Å². The highest BCUT2D eigenvalue weighted by Gasteiger charge is 2.25. The third-order valence-electron chi connectivity index (χ3n) is 3.28. The molecule has 1 aliphatic heterocycles. The monoisotopic (exact) mass is 383 g/mol. The molecule has 4 nitrogen and oxygen atoms in total.